The average Bonchev–Trinajstić information content (AvgIpc) is 2.65. The lowest BCUT2D eigenvalue weighted by atomic mass is 10.1. The third kappa shape index (κ3) is 3.67. The molecule has 1 atom stereocenters. The molecule has 7 heteroatoms. The van der Waals surface area contributed by atoms with Gasteiger partial charge >= 0.3 is 5.97 Å². The number of ether oxygens (including phenoxy) is 1. The molecular formula is C18H16N2O5. The van der Waals surface area contributed by atoms with Crippen LogP contribution in [0.4, 0.5) is 11.4 Å². The summed E-state index contributed by atoms with van der Waals surface area (Å²) in [7, 11) is 0. The molecule has 128 valence electrons. The number of aliphatic hydroxyl groups excluding tert-OH is 1. The molecule has 0 aliphatic carbocycles. The van der Waals surface area contributed by atoms with Crippen LogP contribution in [0.2, 0.25) is 0 Å². The predicted molar refractivity (Wildman–Crippen MR) is 89.8 cm³/mol. The van der Waals surface area contributed by atoms with Crippen molar-refractivity contribution in [3.05, 3.63) is 60.2 Å². The van der Waals surface area contributed by atoms with E-state index in [4.69, 9.17) is 4.74 Å². The Morgan fingerprint density at radius 2 is 1.80 bits per heavy atom. The second kappa shape index (κ2) is 7.14. The fourth-order valence-electron chi connectivity index (χ4n) is 2.52. The van der Waals surface area contributed by atoms with E-state index in [9.17, 15) is 19.5 Å². The van der Waals surface area contributed by atoms with Crippen LogP contribution >= 0.6 is 0 Å². The van der Waals surface area contributed by atoms with Gasteiger partial charge in [0.05, 0.1) is 11.4 Å². The predicted octanol–water partition coefficient (Wildman–Crippen LogP) is 1.25. The average molecular weight is 340 g/mol. The Morgan fingerprint density at radius 3 is 2.56 bits per heavy atom. The van der Waals surface area contributed by atoms with E-state index in [-0.39, 0.29) is 12.5 Å². The first-order valence-corrected chi connectivity index (χ1v) is 7.65. The topological polar surface area (TPSA) is 95.9 Å². The summed E-state index contributed by atoms with van der Waals surface area (Å²) in [5.41, 5.74) is 1.43. The third-order valence-electron chi connectivity index (χ3n) is 3.75. The maximum absolute atomic E-state index is 12.4. The van der Waals surface area contributed by atoms with Gasteiger partial charge in [-0.15, -0.1) is 0 Å². The van der Waals surface area contributed by atoms with E-state index in [0.717, 1.165) is 0 Å². The fourth-order valence-corrected chi connectivity index (χ4v) is 2.52. The lowest BCUT2D eigenvalue weighted by molar-refractivity contribution is -0.156. The molecule has 0 aromatic heterocycles. The molecule has 0 unspecified atom stereocenters. The van der Waals surface area contributed by atoms with Crippen LogP contribution in [0.1, 0.15) is 11.7 Å². The first-order chi connectivity index (χ1) is 12.1. The van der Waals surface area contributed by atoms with Crippen LogP contribution in [0.25, 0.3) is 0 Å². The molecular weight excluding hydrogens is 324 g/mol. The van der Waals surface area contributed by atoms with E-state index >= 15 is 0 Å². The standard InChI is InChI=1S/C18H16N2O5/c21-15-10-20(14-9-5-4-8-13(14)19-15)16(22)11-25-18(24)17(23)12-6-2-1-3-7-12/h1-9,17,23H,10-11H2,(H,19,21)/t17-/m0/s1. The van der Waals surface area contributed by atoms with E-state index in [1.54, 1.807) is 54.6 Å². The summed E-state index contributed by atoms with van der Waals surface area (Å²) in [5.74, 6) is -1.80. The molecule has 2 amide bonds. The number of carbonyl (C=O) groups excluding carboxylic acids is 3. The number of amides is 2. The van der Waals surface area contributed by atoms with Gasteiger partial charge in [-0.2, -0.15) is 0 Å². The molecule has 1 aliphatic heterocycles. The maximum Gasteiger partial charge on any atom is 0.340 e. The van der Waals surface area contributed by atoms with Crippen molar-refractivity contribution in [3.8, 4) is 0 Å². The number of anilines is 2. The van der Waals surface area contributed by atoms with E-state index in [2.05, 4.69) is 5.32 Å². The van der Waals surface area contributed by atoms with Crippen LogP contribution in [0.15, 0.2) is 54.6 Å². The molecule has 0 bridgehead atoms. The molecule has 25 heavy (non-hydrogen) atoms. The molecule has 0 spiro atoms. The number of fused-ring (bicyclic) bond motifs is 1. The Hall–Kier alpha value is -3.19. The van der Waals surface area contributed by atoms with Crippen LogP contribution in [-0.4, -0.2) is 36.0 Å². The second-order valence-electron chi connectivity index (χ2n) is 5.47. The monoisotopic (exact) mass is 340 g/mol. The van der Waals surface area contributed by atoms with Crippen LogP contribution in [0.3, 0.4) is 0 Å². The lowest BCUT2D eigenvalue weighted by Crippen LogP contribution is -2.44. The number of para-hydroxylation sites is 2. The Labute approximate surface area is 143 Å². The summed E-state index contributed by atoms with van der Waals surface area (Å²) >= 11 is 0. The SMILES string of the molecule is O=C1CN(C(=O)COC(=O)[C@@H](O)c2ccccc2)c2ccccc2N1. The Kier molecular flexibility index (Phi) is 4.76. The van der Waals surface area contributed by atoms with Gasteiger partial charge in [-0.1, -0.05) is 42.5 Å². The number of nitrogens with zero attached hydrogens (tertiary/aromatic N) is 1. The van der Waals surface area contributed by atoms with Crippen molar-refractivity contribution >= 4 is 29.2 Å². The number of hydrogen-bond donors (Lipinski definition) is 2. The molecule has 0 saturated carbocycles. The summed E-state index contributed by atoms with van der Waals surface area (Å²) in [5, 5.41) is 12.6. The largest absolute Gasteiger partial charge is 0.453 e. The highest BCUT2D eigenvalue weighted by Gasteiger charge is 2.28. The quantitative estimate of drug-likeness (QED) is 0.817. The number of benzene rings is 2. The summed E-state index contributed by atoms with van der Waals surface area (Å²) in [4.78, 5) is 37.2. The highest BCUT2D eigenvalue weighted by molar-refractivity contribution is 6.10. The van der Waals surface area contributed by atoms with Gasteiger partial charge in [-0.05, 0) is 17.7 Å². The molecule has 2 aromatic rings. The van der Waals surface area contributed by atoms with Crippen molar-refractivity contribution < 1.29 is 24.2 Å². The summed E-state index contributed by atoms with van der Waals surface area (Å²) in [6, 6.07) is 15.1. The Morgan fingerprint density at radius 1 is 1.12 bits per heavy atom. The number of esters is 1. The lowest BCUT2D eigenvalue weighted by Gasteiger charge is -2.29. The zero-order valence-corrected chi connectivity index (χ0v) is 13.2. The van der Waals surface area contributed by atoms with Crippen LogP contribution in [0, 0.1) is 0 Å². The van der Waals surface area contributed by atoms with Gasteiger partial charge < -0.3 is 15.2 Å². The van der Waals surface area contributed by atoms with Gasteiger partial charge in [0.25, 0.3) is 5.91 Å². The van der Waals surface area contributed by atoms with Crippen LogP contribution in [-0.2, 0) is 19.1 Å². The molecule has 0 radical (unpaired) electrons. The Balaban J connectivity index is 1.65. The normalized spacial score (nSPS) is 14.3. The molecule has 0 saturated heterocycles. The van der Waals surface area contributed by atoms with E-state index in [1.807, 2.05) is 0 Å². The molecule has 7 nitrogen and oxygen atoms in total. The molecule has 3 rings (SSSR count). The van der Waals surface area contributed by atoms with E-state index in [0.29, 0.717) is 16.9 Å². The molecule has 0 fully saturated rings. The van der Waals surface area contributed by atoms with E-state index < -0.39 is 24.6 Å². The highest BCUT2D eigenvalue weighted by Crippen LogP contribution is 2.28. The molecule has 1 heterocycles. The minimum absolute atomic E-state index is 0.158. The highest BCUT2D eigenvalue weighted by atomic mass is 16.5. The van der Waals surface area contributed by atoms with Gasteiger partial charge in [-0.3, -0.25) is 14.5 Å². The Bertz CT molecular complexity index is 806. The number of aliphatic hydroxyl groups is 1. The van der Waals surface area contributed by atoms with Crippen LogP contribution in [0.5, 0.6) is 0 Å². The van der Waals surface area contributed by atoms with Gasteiger partial charge in [0.15, 0.2) is 12.7 Å². The molecule has 2 aromatic carbocycles. The molecule has 2 N–H and O–H groups in total. The van der Waals surface area contributed by atoms with Crippen molar-refractivity contribution in [2.24, 2.45) is 0 Å². The number of rotatable bonds is 4. The van der Waals surface area contributed by atoms with Crippen molar-refractivity contribution in [3.63, 3.8) is 0 Å². The number of hydrogen-bond acceptors (Lipinski definition) is 5. The third-order valence-corrected chi connectivity index (χ3v) is 3.75. The van der Waals surface area contributed by atoms with Crippen molar-refractivity contribution in [1.82, 2.24) is 0 Å². The summed E-state index contributed by atoms with van der Waals surface area (Å²) in [6.07, 6.45) is -1.47. The van der Waals surface area contributed by atoms with Gasteiger partial charge in [-0.25, -0.2) is 4.79 Å². The van der Waals surface area contributed by atoms with Gasteiger partial charge in [0, 0.05) is 0 Å². The fraction of sp³-hybridized carbons (Fsp3) is 0.167. The zero-order chi connectivity index (χ0) is 17.8. The smallest absolute Gasteiger partial charge is 0.340 e. The molecule has 1 aliphatic rings. The van der Waals surface area contributed by atoms with Crippen molar-refractivity contribution in [1.29, 1.82) is 0 Å². The van der Waals surface area contributed by atoms with Gasteiger partial charge in [0.2, 0.25) is 5.91 Å². The minimum Gasteiger partial charge on any atom is -0.453 e. The minimum atomic E-state index is -1.47. The maximum atomic E-state index is 12.4. The van der Waals surface area contributed by atoms with Crippen molar-refractivity contribution in [2.45, 2.75) is 6.10 Å². The zero-order valence-electron chi connectivity index (χ0n) is 13.2. The first-order valence-electron chi connectivity index (χ1n) is 7.65. The van der Waals surface area contributed by atoms with Crippen LogP contribution < -0.4 is 10.2 Å². The summed E-state index contributed by atoms with van der Waals surface area (Å²) in [6.45, 7) is -0.723. The first kappa shape index (κ1) is 16.7. The van der Waals surface area contributed by atoms with Crippen molar-refractivity contribution in [2.75, 3.05) is 23.4 Å². The second-order valence-corrected chi connectivity index (χ2v) is 5.47. The number of carbonyl (C=O) groups is 3. The number of nitrogens with one attached hydrogen (secondary N) is 1. The van der Waals surface area contributed by atoms with E-state index in [1.165, 1.54) is 4.90 Å². The van der Waals surface area contributed by atoms with Gasteiger partial charge in [0.1, 0.15) is 6.54 Å². The summed E-state index contributed by atoms with van der Waals surface area (Å²) < 4.78 is 4.91.